The van der Waals surface area contributed by atoms with Crippen LogP contribution in [-0.4, -0.2) is 4.99 Å². The second-order valence-corrected chi connectivity index (χ2v) is 4.77. The van der Waals surface area contributed by atoms with E-state index in [2.05, 4.69) is 30.4 Å². The van der Waals surface area contributed by atoms with Crippen LogP contribution in [0.25, 0.3) is 0 Å². The molecule has 3 heteroatoms. The Morgan fingerprint density at radius 2 is 1.78 bits per heavy atom. The summed E-state index contributed by atoms with van der Waals surface area (Å²) < 4.78 is 0. The number of anilines is 2. The van der Waals surface area contributed by atoms with Gasteiger partial charge in [-0.05, 0) is 49.2 Å². The van der Waals surface area contributed by atoms with Crippen LogP contribution in [0.4, 0.5) is 11.4 Å². The third-order valence-electron chi connectivity index (χ3n) is 2.92. The zero-order valence-corrected chi connectivity index (χ0v) is 11.3. The first-order valence-electron chi connectivity index (χ1n) is 5.81. The number of thiocarbonyl (C=S) groups is 1. The number of nitrogens with one attached hydrogen (secondary N) is 1. The molecule has 0 unspecified atom stereocenters. The smallest absolute Gasteiger partial charge is 0.104 e. The van der Waals surface area contributed by atoms with Gasteiger partial charge in [0, 0.05) is 16.9 Å². The van der Waals surface area contributed by atoms with Crippen LogP contribution in [0.5, 0.6) is 0 Å². The molecule has 0 fully saturated rings. The summed E-state index contributed by atoms with van der Waals surface area (Å²) in [5.41, 5.74) is 11.0. The Morgan fingerprint density at radius 3 is 2.39 bits per heavy atom. The summed E-state index contributed by atoms with van der Waals surface area (Å²) in [7, 11) is 0. The topological polar surface area (TPSA) is 38.0 Å². The molecule has 0 heterocycles. The predicted octanol–water partition coefficient (Wildman–Crippen LogP) is 3.68. The lowest BCUT2D eigenvalue weighted by Crippen LogP contribution is -2.11. The van der Waals surface area contributed by atoms with Crippen molar-refractivity contribution in [2.75, 3.05) is 5.32 Å². The molecule has 2 nitrogen and oxygen atoms in total. The van der Waals surface area contributed by atoms with E-state index in [-0.39, 0.29) is 0 Å². The normalized spacial score (nSPS) is 10.1. The van der Waals surface area contributed by atoms with Crippen molar-refractivity contribution >= 4 is 28.6 Å². The van der Waals surface area contributed by atoms with Gasteiger partial charge >= 0.3 is 0 Å². The molecule has 0 aliphatic carbocycles. The molecule has 0 aliphatic heterocycles. The van der Waals surface area contributed by atoms with E-state index in [1.807, 2.05) is 31.2 Å². The molecule has 0 aliphatic rings. The Bertz CT molecular complexity index is 591. The summed E-state index contributed by atoms with van der Waals surface area (Å²) in [6.07, 6.45) is 0. The first kappa shape index (κ1) is 12.6. The Hall–Kier alpha value is -1.87. The minimum absolute atomic E-state index is 0.440. The number of aryl methyl sites for hydroxylation is 2. The van der Waals surface area contributed by atoms with Crippen LogP contribution in [-0.2, 0) is 0 Å². The van der Waals surface area contributed by atoms with Gasteiger partial charge in [0.25, 0.3) is 0 Å². The van der Waals surface area contributed by atoms with Crippen LogP contribution in [0.3, 0.4) is 0 Å². The molecule has 92 valence electrons. The molecule has 0 saturated carbocycles. The van der Waals surface area contributed by atoms with Gasteiger partial charge in [-0.3, -0.25) is 0 Å². The predicted molar refractivity (Wildman–Crippen MR) is 81.5 cm³/mol. The van der Waals surface area contributed by atoms with E-state index in [0.29, 0.717) is 4.99 Å². The summed E-state index contributed by atoms with van der Waals surface area (Å²) in [6, 6.07) is 14.2. The standard InChI is InChI=1S/C15H16N2S/c1-10-5-3-4-6-14(10)17-12-7-8-13(15(16)18)11(2)9-12/h3-9,17H,1-2H3,(H2,16,18). The van der Waals surface area contributed by atoms with Crippen molar-refractivity contribution < 1.29 is 0 Å². The van der Waals surface area contributed by atoms with Gasteiger partial charge < -0.3 is 11.1 Å². The zero-order valence-electron chi connectivity index (χ0n) is 10.5. The first-order valence-corrected chi connectivity index (χ1v) is 6.22. The highest BCUT2D eigenvalue weighted by atomic mass is 32.1. The fourth-order valence-corrected chi connectivity index (χ4v) is 2.12. The largest absolute Gasteiger partial charge is 0.389 e. The Balaban J connectivity index is 2.29. The highest BCUT2D eigenvalue weighted by Crippen LogP contribution is 2.22. The second kappa shape index (κ2) is 5.19. The van der Waals surface area contributed by atoms with Gasteiger partial charge in [-0.25, -0.2) is 0 Å². The molecule has 0 atom stereocenters. The fourth-order valence-electron chi connectivity index (χ4n) is 1.89. The summed E-state index contributed by atoms with van der Waals surface area (Å²) in [4.78, 5) is 0.440. The second-order valence-electron chi connectivity index (χ2n) is 4.33. The molecule has 18 heavy (non-hydrogen) atoms. The molecule has 2 rings (SSSR count). The third-order valence-corrected chi connectivity index (χ3v) is 3.14. The van der Waals surface area contributed by atoms with Gasteiger partial charge in [-0.2, -0.15) is 0 Å². The quantitative estimate of drug-likeness (QED) is 0.823. The maximum atomic E-state index is 5.65. The van der Waals surface area contributed by atoms with Crippen LogP contribution in [0.2, 0.25) is 0 Å². The SMILES string of the molecule is Cc1ccccc1Nc1ccc(C(N)=S)c(C)c1. The van der Waals surface area contributed by atoms with E-state index in [1.165, 1.54) is 5.56 Å². The molecule has 0 radical (unpaired) electrons. The monoisotopic (exact) mass is 256 g/mol. The number of hydrogen-bond donors (Lipinski definition) is 2. The molecular weight excluding hydrogens is 240 g/mol. The number of nitrogens with two attached hydrogens (primary N) is 1. The maximum Gasteiger partial charge on any atom is 0.104 e. The van der Waals surface area contributed by atoms with E-state index >= 15 is 0 Å². The lowest BCUT2D eigenvalue weighted by Gasteiger charge is -2.11. The first-order chi connectivity index (χ1) is 8.58. The molecule has 0 spiro atoms. The van der Waals surface area contributed by atoms with Crippen molar-refractivity contribution in [1.82, 2.24) is 0 Å². The Morgan fingerprint density at radius 1 is 1.06 bits per heavy atom. The fraction of sp³-hybridized carbons (Fsp3) is 0.133. The van der Waals surface area contributed by atoms with Gasteiger partial charge in [0.1, 0.15) is 4.99 Å². The lowest BCUT2D eigenvalue weighted by molar-refractivity contribution is 1.40. The average Bonchev–Trinajstić information content (AvgIpc) is 2.32. The number of para-hydroxylation sites is 1. The van der Waals surface area contributed by atoms with Gasteiger partial charge in [0.15, 0.2) is 0 Å². The molecule has 2 aromatic carbocycles. The van der Waals surface area contributed by atoms with Crippen LogP contribution < -0.4 is 11.1 Å². The molecule has 0 aromatic heterocycles. The minimum atomic E-state index is 0.440. The summed E-state index contributed by atoms with van der Waals surface area (Å²) >= 11 is 5.00. The maximum absolute atomic E-state index is 5.65. The zero-order chi connectivity index (χ0) is 13.1. The lowest BCUT2D eigenvalue weighted by atomic mass is 10.1. The number of hydrogen-bond acceptors (Lipinski definition) is 2. The molecular formula is C15H16N2S. The Kier molecular flexibility index (Phi) is 3.63. The summed E-state index contributed by atoms with van der Waals surface area (Å²) in [6.45, 7) is 4.09. The number of benzene rings is 2. The highest BCUT2D eigenvalue weighted by Gasteiger charge is 2.03. The molecule has 0 bridgehead atoms. The highest BCUT2D eigenvalue weighted by molar-refractivity contribution is 7.80. The molecule has 0 saturated heterocycles. The summed E-state index contributed by atoms with van der Waals surface area (Å²) in [5, 5.41) is 3.40. The van der Waals surface area contributed by atoms with Crippen molar-refractivity contribution in [1.29, 1.82) is 0 Å². The van der Waals surface area contributed by atoms with Crippen LogP contribution in [0.1, 0.15) is 16.7 Å². The average molecular weight is 256 g/mol. The van der Waals surface area contributed by atoms with Crippen LogP contribution >= 0.6 is 12.2 Å². The van der Waals surface area contributed by atoms with E-state index < -0.39 is 0 Å². The third kappa shape index (κ3) is 2.68. The van der Waals surface area contributed by atoms with Gasteiger partial charge in [-0.15, -0.1) is 0 Å². The van der Waals surface area contributed by atoms with Gasteiger partial charge in [-0.1, -0.05) is 30.4 Å². The van der Waals surface area contributed by atoms with Gasteiger partial charge in [0.05, 0.1) is 0 Å². The Labute approximate surface area is 113 Å². The van der Waals surface area contributed by atoms with Crippen molar-refractivity contribution in [2.45, 2.75) is 13.8 Å². The van der Waals surface area contributed by atoms with E-state index in [9.17, 15) is 0 Å². The molecule has 3 N–H and O–H groups in total. The minimum Gasteiger partial charge on any atom is -0.389 e. The van der Waals surface area contributed by atoms with E-state index in [4.69, 9.17) is 18.0 Å². The van der Waals surface area contributed by atoms with Crippen LogP contribution in [0.15, 0.2) is 42.5 Å². The van der Waals surface area contributed by atoms with Crippen molar-refractivity contribution in [2.24, 2.45) is 5.73 Å². The van der Waals surface area contributed by atoms with E-state index in [0.717, 1.165) is 22.5 Å². The van der Waals surface area contributed by atoms with E-state index in [1.54, 1.807) is 0 Å². The van der Waals surface area contributed by atoms with Crippen molar-refractivity contribution in [3.05, 3.63) is 59.2 Å². The van der Waals surface area contributed by atoms with Crippen molar-refractivity contribution in [3.63, 3.8) is 0 Å². The van der Waals surface area contributed by atoms with Gasteiger partial charge in [0.2, 0.25) is 0 Å². The van der Waals surface area contributed by atoms with Crippen molar-refractivity contribution in [3.8, 4) is 0 Å². The number of rotatable bonds is 3. The van der Waals surface area contributed by atoms with Crippen LogP contribution in [0, 0.1) is 13.8 Å². The molecule has 0 amide bonds. The summed E-state index contributed by atoms with van der Waals surface area (Å²) in [5.74, 6) is 0. The molecule has 2 aromatic rings.